The molecule has 6 nitrogen and oxygen atoms in total. The molecule has 2 amide bonds. The van der Waals surface area contributed by atoms with Gasteiger partial charge in [0.2, 0.25) is 0 Å². The van der Waals surface area contributed by atoms with E-state index in [9.17, 15) is 14.4 Å². The minimum atomic E-state index is -1.06. The van der Waals surface area contributed by atoms with Crippen molar-refractivity contribution in [1.29, 1.82) is 0 Å². The smallest absolute Gasteiger partial charge is 0.335 e. The summed E-state index contributed by atoms with van der Waals surface area (Å²) in [6.07, 6.45) is 3.05. The molecule has 2 aromatic carbocycles. The molecule has 2 aromatic rings. The van der Waals surface area contributed by atoms with Gasteiger partial charge < -0.3 is 15.3 Å². The number of piperidine rings is 1. The highest BCUT2D eigenvalue weighted by molar-refractivity contribution is 6.31. The van der Waals surface area contributed by atoms with Crippen molar-refractivity contribution in [3.63, 3.8) is 0 Å². The van der Waals surface area contributed by atoms with Gasteiger partial charge >= 0.3 is 5.97 Å². The van der Waals surface area contributed by atoms with E-state index >= 15 is 0 Å². The van der Waals surface area contributed by atoms with Crippen LogP contribution in [0.25, 0.3) is 0 Å². The van der Waals surface area contributed by atoms with Crippen molar-refractivity contribution in [2.75, 3.05) is 18.4 Å². The van der Waals surface area contributed by atoms with Crippen LogP contribution >= 0.6 is 11.6 Å². The maximum atomic E-state index is 12.8. The Morgan fingerprint density at radius 2 is 1.56 bits per heavy atom. The van der Waals surface area contributed by atoms with Crippen molar-refractivity contribution in [2.24, 2.45) is 0 Å². The van der Waals surface area contributed by atoms with Crippen LogP contribution in [0.15, 0.2) is 42.5 Å². The van der Waals surface area contributed by atoms with Gasteiger partial charge in [0.1, 0.15) is 0 Å². The summed E-state index contributed by atoms with van der Waals surface area (Å²) in [6.45, 7) is 1.40. The van der Waals surface area contributed by atoms with Crippen LogP contribution < -0.4 is 5.32 Å². The molecule has 1 heterocycles. The van der Waals surface area contributed by atoms with Crippen molar-refractivity contribution in [3.05, 3.63) is 64.2 Å². The van der Waals surface area contributed by atoms with Gasteiger partial charge in [-0.2, -0.15) is 0 Å². The first-order chi connectivity index (χ1) is 13.0. The molecular weight excluding hydrogens is 368 g/mol. The lowest BCUT2D eigenvalue weighted by atomic mass is 10.1. The topological polar surface area (TPSA) is 86.7 Å². The summed E-state index contributed by atoms with van der Waals surface area (Å²) in [5.74, 6) is -1.64. The Bertz CT molecular complexity index is 874. The second-order valence-corrected chi connectivity index (χ2v) is 6.82. The molecule has 0 aliphatic carbocycles. The van der Waals surface area contributed by atoms with Crippen LogP contribution in [-0.2, 0) is 0 Å². The zero-order chi connectivity index (χ0) is 19.4. The third-order valence-electron chi connectivity index (χ3n) is 4.50. The van der Waals surface area contributed by atoms with Gasteiger partial charge in [-0.05, 0) is 61.7 Å². The van der Waals surface area contributed by atoms with Gasteiger partial charge in [-0.3, -0.25) is 9.59 Å². The summed E-state index contributed by atoms with van der Waals surface area (Å²) in [6, 6.07) is 10.3. The first-order valence-corrected chi connectivity index (χ1v) is 9.07. The summed E-state index contributed by atoms with van der Waals surface area (Å²) >= 11 is 6.05. The third kappa shape index (κ3) is 4.46. The molecule has 0 atom stereocenters. The summed E-state index contributed by atoms with van der Waals surface area (Å²) < 4.78 is 0. The molecule has 1 aliphatic heterocycles. The molecule has 0 radical (unpaired) electrons. The molecule has 140 valence electrons. The van der Waals surface area contributed by atoms with Crippen molar-refractivity contribution < 1.29 is 19.5 Å². The maximum Gasteiger partial charge on any atom is 0.335 e. The Kier molecular flexibility index (Phi) is 5.76. The number of likely N-dealkylation sites (tertiary alicyclic amines) is 1. The molecule has 0 aromatic heterocycles. The molecule has 1 saturated heterocycles. The van der Waals surface area contributed by atoms with E-state index in [0.29, 0.717) is 29.4 Å². The van der Waals surface area contributed by atoms with Crippen molar-refractivity contribution in [3.8, 4) is 0 Å². The van der Waals surface area contributed by atoms with Gasteiger partial charge in [0, 0.05) is 23.7 Å². The Labute approximate surface area is 161 Å². The number of nitrogens with zero attached hydrogens (tertiary/aromatic N) is 1. The summed E-state index contributed by atoms with van der Waals surface area (Å²) in [5.41, 5.74) is 1.11. The van der Waals surface area contributed by atoms with Gasteiger partial charge in [-0.1, -0.05) is 11.6 Å². The number of nitrogens with one attached hydrogen (secondary N) is 1. The molecule has 1 aliphatic rings. The highest BCUT2D eigenvalue weighted by Crippen LogP contribution is 2.24. The average molecular weight is 387 g/mol. The van der Waals surface area contributed by atoms with E-state index in [1.807, 2.05) is 0 Å². The summed E-state index contributed by atoms with van der Waals surface area (Å²) in [5, 5.41) is 12.1. The minimum absolute atomic E-state index is 0.0928. The number of amides is 2. The van der Waals surface area contributed by atoms with Crippen LogP contribution in [0, 0.1) is 0 Å². The predicted octanol–water partition coefficient (Wildman–Crippen LogP) is 3.92. The first kappa shape index (κ1) is 18.9. The number of carbonyl (C=O) groups is 3. The fraction of sp³-hybridized carbons (Fsp3) is 0.250. The second kappa shape index (κ2) is 8.22. The van der Waals surface area contributed by atoms with Gasteiger partial charge in [-0.25, -0.2) is 4.79 Å². The Morgan fingerprint density at radius 3 is 2.19 bits per heavy atom. The number of aromatic carboxylic acids is 1. The van der Waals surface area contributed by atoms with Gasteiger partial charge in [0.05, 0.1) is 16.8 Å². The molecular formula is C20H19ClN2O4. The fourth-order valence-corrected chi connectivity index (χ4v) is 3.20. The molecule has 3 rings (SSSR count). The zero-order valence-electron chi connectivity index (χ0n) is 14.6. The normalized spacial score (nSPS) is 13.9. The quantitative estimate of drug-likeness (QED) is 0.833. The Hall–Kier alpha value is -2.86. The molecule has 0 spiro atoms. The van der Waals surface area contributed by atoms with Crippen LogP contribution in [0.2, 0.25) is 5.02 Å². The molecule has 0 saturated carbocycles. The first-order valence-electron chi connectivity index (χ1n) is 8.69. The number of rotatable bonds is 4. The van der Waals surface area contributed by atoms with Gasteiger partial charge in [0.15, 0.2) is 0 Å². The molecule has 7 heteroatoms. The van der Waals surface area contributed by atoms with E-state index in [0.717, 1.165) is 19.3 Å². The molecule has 2 N–H and O–H groups in total. The number of carboxylic acids is 1. The Balaban J connectivity index is 1.83. The molecule has 0 bridgehead atoms. The number of carboxylic acid groups (broad SMARTS) is 1. The standard InChI is InChI=1S/C20H19ClN2O4/c21-15-8-9-16(19(25)23-10-2-1-3-11-23)17(12-15)22-18(24)13-4-6-14(7-5-13)20(26)27/h4-9,12H,1-3,10-11H2,(H,22,24)(H,26,27). The monoisotopic (exact) mass is 386 g/mol. The van der Waals surface area contributed by atoms with E-state index in [-0.39, 0.29) is 17.0 Å². The number of hydrogen-bond acceptors (Lipinski definition) is 3. The van der Waals surface area contributed by atoms with Crippen molar-refractivity contribution in [1.82, 2.24) is 4.90 Å². The lowest BCUT2D eigenvalue weighted by Gasteiger charge is -2.27. The largest absolute Gasteiger partial charge is 0.478 e. The van der Waals surface area contributed by atoms with E-state index in [2.05, 4.69) is 5.32 Å². The number of halogens is 1. The Morgan fingerprint density at radius 1 is 0.926 bits per heavy atom. The maximum absolute atomic E-state index is 12.8. The number of carbonyl (C=O) groups excluding carboxylic acids is 2. The van der Waals surface area contributed by atoms with Crippen molar-refractivity contribution in [2.45, 2.75) is 19.3 Å². The van der Waals surface area contributed by atoms with Crippen LogP contribution in [0.3, 0.4) is 0 Å². The third-order valence-corrected chi connectivity index (χ3v) is 4.73. The lowest BCUT2D eigenvalue weighted by Crippen LogP contribution is -2.36. The van der Waals surface area contributed by atoms with E-state index in [4.69, 9.17) is 16.7 Å². The van der Waals surface area contributed by atoms with Gasteiger partial charge in [-0.15, -0.1) is 0 Å². The van der Waals surface area contributed by atoms with E-state index in [1.165, 1.54) is 24.3 Å². The number of hydrogen-bond donors (Lipinski definition) is 2. The van der Waals surface area contributed by atoms with Crippen molar-refractivity contribution >= 4 is 35.1 Å². The van der Waals surface area contributed by atoms with Crippen LogP contribution in [0.4, 0.5) is 5.69 Å². The van der Waals surface area contributed by atoms with Crippen LogP contribution in [-0.4, -0.2) is 40.9 Å². The highest BCUT2D eigenvalue weighted by Gasteiger charge is 2.22. The zero-order valence-corrected chi connectivity index (χ0v) is 15.3. The summed E-state index contributed by atoms with van der Waals surface area (Å²) in [7, 11) is 0. The number of anilines is 1. The minimum Gasteiger partial charge on any atom is -0.478 e. The molecule has 27 heavy (non-hydrogen) atoms. The average Bonchev–Trinajstić information content (AvgIpc) is 2.68. The highest BCUT2D eigenvalue weighted by atomic mass is 35.5. The second-order valence-electron chi connectivity index (χ2n) is 6.38. The summed E-state index contributed by atoms with van der Waals surface area (Å²) in [4.78, 5) is 38.1. The SMILES string of the molecule is O=C(O)c1ccc(C(=O)Nc2cc(Cl)ccc2C(=O)N2CCCCC2)cc1. The van der Waals surface area contributed by atoms with E-state index in [1.54, 1.807) is 23.1 Å². The molecule has 1 fully saturated rings. The van der Waals surface area contributed by atoms with Gasteiger partial charge in [0.25, 0.3) is 11.8 Å². The predicted molar refractivity (Wildman–Crippen MR) is 103 cm³/mol. The molecule has 0 unspecified atom stereocenters. The van der Waals surface area contributed by atoms with Crippen LogP contribution in [0.5, 0.6) is 0 Å². The fourth-order valence-electron chi connectivity index (χ4n) is 3.03. The van der Waals surface area contributed by atoms with Crippen LogP contribution in [0.1, 0.15) is 50.3 Å². The van der Waals surface area contributed by atoms with E-state index < -0.39 is 11.9 Å². The lowest BCUT2D eigenvalue weighted by molar-refractivity contribution is 0.0693. The number of benzene rings is 2.